The summed E-state index contributed by atoms with van der Waals surface area (Å²) in [6.07, 6.45) is 1.67. The quantitative estimate of drug-likeness (QED) is 0.258. The van der Waals surface area contributed by atoms with E-state index in [9.17, 15) is 0 Å². The minimum absolute atomic E-state index is 0.346. The first-order valence-corrected chi connectivity index (χ1v) is 9.62. The van der Waals surface area contributed by atoms with Crippen molar-refractivity contribution in [1.82, 2.24) is 14.9 Å². The second-order valence-corrected chi connectivity index (χ2v) is 6.78. The molecule has 0 spiro atoms. The third-order valence-corrected chi connectivity index (χ3v) is 4.91. The zero-order chi connectivity index (χ0) is 19.1. The molecule has 3 rings (SSSR count). The van der Waals surface area contributed by atoms with E-state index in [0.29, 0.717) is 28.5 Å². The van der Waals surface area contributed by atoms with Gasteiger partial charge in [0.2, 0.25) is 5.16 Å². The topological polar surface area (TPSA) is 90.3 Å². The number of nitrogens with zero attached hydrogens (tertiary/aromatic N) is 4. The number of hydrogen-bond donors (Lipinski definition) is 2. The van der Waals surface area contributed by atoms with Gasteiger partial charge in [-0.1, -0.05) is 41.6 Å². The van der Waals surface area contributed by atoms with Gasteiger partial charge >= 0.3 is 0 Å². The lowest BCUT2D eigenvalue weighted by atomic mass is 10.2. The van der Waals surface area contributed by atoms with Crippen LogP contribution in [0.2, 0.25) is 5.02 Å². The second kappa shape index (κ2) is 9.29. The Kier molecular flexibility index (Phi) is 6.56. The Morgan fingerprint density at radius 2 is 2.00 bits per heavy atom. The van der Waals surface area contributed by atoms with Crippen molar-refractivity contribution in [2.24, 2.45) is 5.10 Å². The average molecular weight is 403 g/mol. The molecule has 3 N–H and O–H groups in total. The van der Waals surface area contributed by atoms with Crippen molar-refractivity contribution in [1.29, 1.82) is 0 Å². The van der Waals surface area contributed by atoms with E-state index in [4.69, 9.17) is 22.2 Å². The standard InChI is InChI=1S/C18H19ClN6OS/c1-2-26-15-9-7-13(8-10-15)11-21-22-17-23-24-18(25(17)20)27-12-14-5-3-4-6-16(14)19/h3-11H,2,12,20H2,1H3,(H,22,23)/b21-11+. The van der Waals surface area contributed by atoms with Crippen LogP contribution in [0, 0.1) is 0 Å². The molecule has 3 aromatic rings. The fourth-order valence-corrected chi connectivity index (χ4v) is 3.33. The molecule has 0 radical (unpaired) electrons. The van der Waals surface area contributed by atoms with Crippen LogP contribution in [-0.2, 0) is 5.75 Å². The number of anilines is 1. The summed E-state index contributed by atoms with van der Waals surface area (Å²) in [6.45, 7) is 2.58. The molecule has 1 heterocycles. The van der Waals surface area contributed by atoms with Gasteiger partial charge in [0.25, 0.3) is 5.95 Å². The van der Waals surface area contributed by atoms with E-state index in [1.807, 2.05) is 55.5 Å². The van der Waals surface area contributed by atoms with E-state index in [0.717, 1.165) is 16.9 Å². The van der Waals surface area contributed by atoms with Crippen LogP contribution in [0.1, 0.15) is 18.1 Å². The molecule has 0 atom stereocenters. The first-order chi connectivity index (χ1) is 13.2. The predicted octanol–water partition coefficient (Wildman–Crippen LogP) is 3.78. The van der Waals surface area contributed by atoms with E-state index in [2.05, 4.69) is 20.7 Å². The largest absolute Gasteiger partial charge is 0.494 e. The van der Waals surface area contributed by atoms with Gasteiger partial charge in [-0.05, 0) is 48.4 Å². The average Bonchev–Trinajstić information content (AvgIpc) is 3.03. The van der Waals surface area contributed by atoms with Gasteiger partial charge in [-0.15, -0.1) is 10.2 Å². The number of nitrogens with two attached hydrogens (primary N) is 1. The van der Waals surface area contributed by atoms with Crippen LogP contribution in [0.5, 0.6) is 5.75 Å². The van der Waals surface area contributed by atoms with Crippen molar-refractivity contribution >= 4 is 35.5 Å². The van der Waals surface area contributed by atoms with Crippen LogP contribution in [0.4, 0.5) is 5.95 Å². The van der Waals surface area contributed by atoms with Gasteiger partial charge in [-0.25, -0.2) is 10.1 Å². The highest BCUT2D eigenvalue weighted by atomic mass is 35.5. The van der Waals surface area contributed by atoms with Crippen molar-refractivity contribution in [2.75, 3.05) is 17.9 Å². The minimum Gasteiger partial charge on any atom is -0.494 e. The molecule has 0 bridgehead atoms. The maximum Gasteiger partial charge on any atom is 0.264 e. The molecule has 2 aromatic carbocycles. The fraction of sp³-hybridized carbons (Fsp3) is 0.167. The van der Waals surface area contributed by atoms with Crippen molar-refractivity contribution < 1.29 is 4.74 Å². The molecule has 0 unspecified atom stereocenters. The van der Waals surface area contributed by atoms with Gasteiger partial charge in [0.05, 0.1) is 12.8 Å². The van der Waals surface area contributed by atoms with Crippen LogP contribution in [0.15, 0.2) is 58.8 Å². The fourth-order valence-electron chi connectivity index (χ4n) is 2.19. The summed E-state index contributed by atoms with van der Waals surface area (Å²) in [5.41, 5.74) is 4.72. The summed E-state index contributed by atoms with van der Waals surface area (Å²) >= 11 is 7.61. The molecule has 0 saturated carbocycles. The van der Waals surface area contributed by atoms with Crippen LogP contribution in [-0.4, -0.2) is 27.7 Å². The number of rotatable bonds is 8. The molecule has 0 aliphatic heterocycles. The smallest absolute Gasteiger partial charge is 0.264 e. The summed E-state index contributed by atoms with van der Waals surface area (Å²) in [5.74, 6) is 7.84. The highest BCUT2D eigenvalue weighted by molar-refractivity contribution is 7.98. The Morgan fingerprint density at radius 3 is 2.74 bits per heavy atom. The molecule has 9 heteroatoms. The van der Waals surface area contributed by atoms with Gasteiger partial charge < -0.3 is 10.6 Å². The lowest BCUT2D eigenvalue weighted by Crippen LogP contribution is -2.13. The maximum atomic E-state index is 6.16. The summed E-state index contributed by atoms with van der Waals surface area (Å²) in [4.78, 5) is 0. The van der Waals surface area contributed by atoms with Gasteiger partial charge in [0, 0.05) is 10.8 Å². The van der Waals surface area contributed by atoms with E-state index >= 15 is 0 Å². The minimum atomic E-state index is 0.346. The molecule has 0 aliphatic carbocycles. The Balaban J connectivity index is 1.57. The number of hydrazone groups is 1. The molecule has 7 nitrogen and oxygen atoms in total. The highest BCUT2D eigenvalue weighted by Crippen LogP contribution is 2.25. The number of hydrogen-bond acceptors (Lipinski definition) is 7. The van der Waals surface area contributed by atoms with Crippen LogP contribution in [0.25, 0.3) is 0 Å². The first kappa shape index (κ1) is 19.1. The maximum absolute atomic E-state index is 6.16. The Hall–Kier alpha value is -2.71. The normalized spacial score (nSPS) is 11.0. The first-order valence-electron chi connectivity index (χ1n) is 8.26. The van der Waals surface area contributed by atoms with Crippen LogP contribution in [0.3, 0.4) is 0 Å². The molecule has 0 fully saturated rings. The molecule has 0 saturated heterocycles. The summed E-state index contributed by atoms with van der Waals surface area (Å²) in [5, 5.41) is 13.5. The molecule has 1 aromatic heterocycles. The third kappa shape index (κ3) is 5.15. The zero-order valence-corrected chi connectivity index (χ0v) is 16.2. The third-order valence-electron chi connectivity index (χ3n) is 3.55. The van der Waals surface area contributed by atoms with E-state index in [1.54, 1.807) is 6.21 Å². The summed E-state index contributed by atoms with van der Waals surface area (Å²) in [6, 6.07) is 15.3. The van der Waals surface area contributed by atoms with Crippen molar-refractivity contribution in [3.05, 3.63) is 64.7 Å². The zero-order valence-electron chi connectivity index (χ0n) is 14.7. The Bertz CT molecular complexity index is 912. The molecular formula is C18H19ClN6OS. The molecular weight excluding hydrogens is 384 g/mol. The summed E-state index contributed by atoms with van der Waals surface area (Å²) < 4.78 is 6.76. The number of benzene rings is 2. The van der Waals surface area contributed by atoms with Crippen LogP contribution < -0.4 is 16.0 Å². The monoisotopic (exact) mass is 402 g/mol. The number of nitrogen functional groups attached to an aromatic ring is 1. The lowest BCUT2D eigenvalue weighted by Gasteiger charge is -2.04. The second-order valence-electron chi connectivity index (χ2n) is 5.43. The van der Waals surface area contributed by atoms with E-state index in [1.165, 1.54) is 16.4 Å². The van der Waals surface area contributed by atoms with E-state index in [-0.39, 0.29) is 0 Å². The molecule has 140 valence electrons. The number of ether oxygens (including phenoxy) is 1. The number of nitrogens with one attached hydrogen (secondary N) is 1. The predicted molar refractivity (Wildman–Crippen MR) is 110 cm³/mol. The summed E-state index contributed by atoms with van der Waals surface area (Å²) in [7, 11) is 0. The highest BCUT2D eigenvalue weighted by Gasteiger charge is 2.10. The molecule has 0 aliphatic rings. The Labute approximate surface area is 166 Å². The number of aromatic nitrogens is 3. The van der Waals surface area contributed by atoms with Gasteiger partial charge in [0.15, 0.2) is 0 Å². The van der Waals surface area contributed by atoms with Crippen molar-refractivity contribution in [3.8, 4) is 5.75 Å². The van der Waals surface area contributed by atoms with Gasteiger partial charge in [-0.3, -0.25) is 0 Å². The lowest BCUT2D eigenvalue weighted by molar-refractivity contribution is 0.340. The number of thioether (sulfide) groups is 1. The SMILES string of the molecule is CCOc1ccc(/C=N/Nc2nnc(SCc3ccccc3Cl)n2N)cc1. The number of halogens is 1. The van der Waals surface area contributed by atoms with Crippen molar-refractivity contribution in [3.63, 3.8) is 0 Å². The van der Waals surface area contributed by atoms with Gasteiger partial charge in [-0.2, -0.15) is 5.10 Å². The van der Waals surface area contributed by atoms with Crippen molar-refractivity contribution in [2.45, 2.75) is 17.8 Å². The molecule has 0 amide bonds. The van der Waals surface area contributed by atoms with Gasteiger partial charge in [0.1, 0.15) is 5.75 Å². The van der Waals surface area contributed by atoms with E-state index < -0.39 is 0 Å². The van der Waals surface area contributed by atoms with Crippen LogP contribution >= 0.6 is 23.4 Å². The Morgan fingerprint density at radius 1 is 1.22 bits per heavy atom. The molecule has 27 heavy (non-hydrogen) atoms.